The molecule has 2 unspecified atom stereocenters. The Hall–Kier alpha value is -1.13. The summed E-state index contributed by atoms with van der Waals surface area (Å²) in [5, 5.41) is 3.26. The molecule has 112 valence electrons. The van der Waals surface area contributed by atoms with Gasteiger partial charge >= 0.3 is 0 Å². The molecule has 1 saturated carbocycles. The highest BCUT2D eigenvalue weighted by Crippen LogP contribution is 2.25. The van der Waals surface area contributed by atoms with E-state index in [1.54, 1.807) is 0 Å². The second kappa shape index (κ2) is 6.75. The van der Waals surface area contributed by atoms with E-state index in [9.17, 15) is 4.79 Å². The van der Waals surface area contributed by atoms with Crippen molar-refractivity contribution in [1.82, 2.24) is 10.2 Å². The van der Waals surface area contributed by atoms with Crippen LogP contribution in [0.3, 0.4) is 0 Å². The zero-order valence-electron chi connectivity index (χ0n) is 12.1. The van der Waals surface area contributed by atoms with Crippen LogP contribution in [0.5, 0.6) is 0 Å². The molecule has 3 rings (SSSR count). The lowest BCUT2D eigenvalue weighted by Crippen LogP contribution is -2.52. The maximum atomic E-state index is 12.4. The topological polar surface area (TPSA) is 32.3 Å². The number of carbonyl (C=O) groups excluding carboxylic acids is 1. The van der Waals surface area contributed by atoms with Crippen LogP contribution in [0.2, 0.25) is 0 Å². The first kappa shape index (κ1) is 14.8. The maximum absolute atomic E-state index is 12.4. The minimum absolute atomic E-state index is 0.0477. The Bertz CT molecular complexity index is 518. The fourth-order valence-corrected chi connectivity index (χ4v) is 3.60. The SMILES string of the molecule is O=C(NC1CCCCC1N1CC=CC1)c1ccc(Br)cc1. The van der Waals surface area contributed by atoms with E-state index in [-0.39, 0.29) is 11.9 Å². The van der Waals surface area contributed by atoms with Crippen LogP contribution >= 0.6 is 15.9 Å². The first-order valence-electron chi connectivity index (χ1n) is 7.69. The molecule has 0 aromatic heterocycles. The van der Waals surface area contributed by atoms with Crippen molar-refractivity contribution in [2.45, 2.75) is 37.8 Å². The van der Waals surface area contributed by atoms with E-state index in [0.717, 1.165) is 29.5 Å². The Balaban J connectivity index is 1.66. The quantitative estimate of drug-likeness (QED) is 0.849. The van der Waals surface area contributed by atoms with Crippen LogP contribution in [-0.2, 0) is 0 Å². The molecule has 1 amide bonds. The van der Waals surface area contributed by atoms with Crippen molar-refractivity contribution < 1.29 is 4.79 Å². The van der Waals surface area contributed by atoms with Crippen molar-refractivity contribution in [3.8, 4) is 0 Å². The Morgan fingerprint density at radius 2 is 1.76 bits per heavy atom. The highest BCUT2D eigenvalue weighted by Gasteiger charge is 2.31. The Morgan fingerprint density at radius 3 is 2.48 bits per heavy atom. The van der Waals surface area contributed by atoms with Crippen LogP contribution < -0.4 is 5.32 Å². The Morgan fingerprint density at radius 1 is 1.10 bits per heavy atom. The number of amides is 1. The number of benzene rings is 1. The van der Waals surface area contributed by atoms with E-state index in [2.05, 4.69) is 38.3 Å². The summed E-state index contributed by atoms with van der Waals surface area (Å²) in [6.45, 7) is 2.05. The van der Waals surface area contributed by atoms with Gasteiger partial charge in [-0.05, 0) is 37.1 Å². The zero-order chi connectivity index (χ0) is 14.7. The molecule has 2 aliphatic rings. The average molecular weight is 349 g/mol. The van der Waals surface area contributed by atoms with Gasteiger partial charge in [0.25, 0.3) is 5.91 Å². The molecule has 1 aliphatic heterocycles. The van der Waals surface area contributed by atoms with Crippen molar-refractivity contribution >= 4 is 21.8 Å². The van der Waals surface area contributed by atoms with Gasteiger partial charge < -0.3 is 5.32 Å². The number of rotatable bonds is 3. The molecule has 0 bridgehead atoms. The van der Waals surface area contributed by atoms with Crippen molar-refractivity contribution in [3.05, 3.63) is 46.5 Å². The van der Waals surface area contributed by atoms with Gasteiger partial charge in [0.05, 0.1) is 0 Å². The van der Waals surface area contributed by atoms with Gasteiger partial charge in [0, 0.05) is 35.2 Å². The van der Waals surface area contributed by atoms with Crippen LogP contribution in [0.1, 0.15) is 36.0 Å². The molecular formula is C17H21BrN2O. The smallest absolute Gasteiger partial charge is 0.251 e. The Labute approximate surface area is 134 Å². The van der Waals surface area contributed by atoms with Gasteiger partial charge in [0.15, 0.2) is 0 Å². The van der Waals surface area contributed by atoms with E-state index in [1.165, 1.54) is 19.3 Å². The number of carbonyl (C=O) groups is 1. The summed E-state index contributed by atoms with van der Waals surface area (Å²) in [5.74, 6) is 0.0477. The van der Waals surface area contributed by atoms with Crippen LogP contribution in [0.15, 0.2) is 40.9 Å². The van der Waals surface area contributed by atoms with E-state index >= 15 is 0 Å². The predicted octanol–water partition coefficient (Wildman–Crippen LogP) is 3.36. The lowest BCUT2D eigenvalue weighted by atomic mass is 9.89. The van der Waals surface area contributed by atoms with Gasteiger partial charge in [-0.3, -0.25) is 9.69 Å². The summed E-state index contributed by atoms with van der Waals surface area (Å²) in [4.78, 5) is 14.9. The third-order valence-corrected chi connectivity index (χ3v) is 5.00. The molecule has 1 aliphatic carbocycles. The predicted molar refractivity (Wildman–Crippen MR) is 88.4 cm³/mol. The highest BCUT2D eigenvalue weighted by molar-refractivity contribution is 9.10. The standard InChI is InChI=1S/C17H21BrN2O/c18-14-9-7-13(8-10-14)17(21)19-15-5-1-2-6-16(15)20-11-3-4-12-20/h3-4,7-10,15-16H,1-2,5-6,11-12H2,(H,19,21). The minimum Gasteiger partial charge on any atom is -0.348 e. The number of halogens is 1. The molecule has 0 saturated heterocycles. The molecule has 4 heteroatoms. The number of nitrogens with one attached hydrogen (secondary N) is 1. The molecule has 1 aromatic rings. The van der Waals surface area contributed by atoms with Gasteiger partial charge in [-0.1, -0.05) is 40.9 Å². The van der Waals surface area contributed by atoms with Crippen molar-refractivity contribution in [2.75, 3.05) is 13.1 Å². The second-order valence-corrected chi connectivity index (χ2v) is 6.78. The van der Waals surface area contributed by atoms with Crippen molar-refractivity contribution in [1.29, 1.82) is 0 Å². The average Bonchev–Trinajstić information content (AvgIpc) is 3.02. The molecular weight excluding hydrogens is 328 g/mol. The normalized spacial score (nSPS) is 26.0. The number of hydrogen-bond acceptors (Lipinski definition) is 2. The van der Waals surface area contributed by atoms with Gasteiger partial charge in [-0.15, -0.1) is 0 Å². The van der Waals surface area contributed by atoms with E-state index in [4.69, 9.17) is 0 Å². The van der Waals surface area contributed by atoms with E-state index < -0.39 is 0 Å². The molecule has 1 N–H and O–H groups in total. The van der Waals surface area contributed by atoms with Crippen molar-refractivity contribution in [2.24, 2.45) is 0 Å². The summed E-state index contributed by atoms with van der Waals surface area (Å²) in [5.41, 5.74) is 0.738. The minimum atomic E-state index is 0.0477. The third kappa shape index (κ3) is 3.55. The van der Waals surface area contributed by atoms with E-state index in [1.807, 2.05) is 24.3 Å². The fraction of sp³-hybridized carbons (Fsp3) is 0.471. The summed E-state index contributed by atoms with van der Waals surface area (Å²) in [7, 11) is 0. The van der Waals surface area contributed by atoms with Crippen LogP contribution in [0, 0.1) is 0 Å². The zero-order valence-corrected chi connectivity index (χ0v) is 13.7. The maximum Gasteiger partial charge on any atom is 0.251 e. The molecule has 1 aromatic carbocycles. The molecule has 1 heterocycles. The van der Waals surface area contributed by atoms with Gasteiger partial charge in [-0.25, -0.2) is 0 Å². The van der Waals surface area contributed by atoms with Crippen LogP contribution in [-0.4, -0.2) is 36.0 Å². The van der Waals surface area contributed by atoms with Crippen LogP contribution in [0.4, 0.5) is 0 Å². The molecule has 2 atom stereocenters. The molecule has 1 fully saturated rings. The lowest BCUT2D eigenvalue weighted by Gasteiger charge is -2.38. The summed E-state index contributed by atoms with van der Waals surface area (Å²) in [6, 6.07) is 8.32. The Kier molecular flexibility index (Phi) is 4.76. The van der Waals surface area contributed by atoms with Gasteiger partial charge in [0.1, 0.15) is 0 Å². The molecule has 0 radical (unpaired) electrons. The lowest BCUT2D eigenvalue weighted by molar-refractivity contribution is 0.0867. The highest BCUT2D eigenvalue weighted by atomic mass is 79.9. The summed E-state index contributed by atoms with van der Waals surface area (Å²) >= 11 is 3.40. The first-order chi connectivity index (χ1) is 10.2. The monoisotopic (exact) mass is 348 g/mol. The van der Waals surface area contributed by atoms with Gasteiger partial charge in [0.2, 0.25) is 0 Å². The van der Waals surface area contributed by atoms with E-state index in [0.29, 0.717) is 6.04 Å². The van der Waals surface area contributed by atoms with Crippen LogP contribution in [0.25, 0.3) is 0 Å². The first-order valence-corrected chi connectivity index (χ1v) is 8.49. The second-order valence-electron chi connectivity index (χ2n) is 5.86. The van der Waals surface area contributed by atoms with Gasteiger partial charge in [-0.2, -0.15) is 0 Å². The summed E-state index contributed by atoms with van der Waals surface area (Å²) < 4.78 is 0.998. The molecule has 21 heavy (non-hydrogen) atoms. The summed E-state index contributed by atoms with van der Waals surface area (Å²) in [6.07, 6.45) is 9.20. The van der Waals surface area contributed by atoms with Crippen molar-refractivity contribution in [3.63, 3.8) is 0 Å². The fourth-order valence-electron chi connectivity index (χ4n) is 3.33. The largest absolute Gasteiger partial charge is 0.348 e. The molecule has 3 nitrogen and oxygen atoms in total. The number of hydrogen-bond donors (Lipinski definition) is 1. The molecule has 0 spiro atoms. The number of nitrogens with zero attached hydrogens (tertiary/aromatic N) is 1. The third-order valence-electron chi connectivity index (χ3n) is 4.47.